The number of hydrogen-bond donors (Lipinski definition) is 0. The second-order valence-corrected chi connectivity index (χ2v) is 6.88. The Bertz CT molecular complexity index is 432. The molecule has 8 heteroatoms. The number of ether oxygens (including phenoxy) is 4. The molecule has 0 spiro atoms. The van der Waals surface area contributed by atoms with E-state index in [0.717, 1.165) is 6.26 Å². The summed E-state index contributed by atoms with van der Waals surface area (Å²) in [6, 6.07) is 0. The molecule has 0 N–H and O–H groups in total. The average molecular weight is 296 g/mol. The van der Waals surface area contributed by atoms with Crippen molar-refractivity contribution in [2.24, 2.45) is 0 Å². The molecule has 0 amide bonds. The summed E-state index contributed by atoms with van der Waals surface area (Å²) in [4.78, 5) is 0. The van der Waals surface area contributed by atoms with Crippen LogP contribution in [0.4, 0.5) is 0 Å². The Labute approximate surface area is 113 Å². The Morgan fingerprint density at radius 3 is 2.26 bits per heavy atom. The van der Waals surface area contributed by atoms with Gasteiger partial charge in [-0.2, -0.15) is 8.42 Å². The molecule has 5 atom stereocenters. The fourth-order valence-corrected chi connectivity index (χ4v) is 3.11. The lowest BCUT2D eigenvalue weighted by Gasteiger charge is -2.39. The third-order valence-corrected chi connectivity index (χ3v) is 3.66. The molecule has 0 radical (unpaired) electrons. The van der Waals surface area contributed by atoms with Crippen molar-refractivity contribution in [1.82, 2.24) is 0 Å². The van der Waals surface area contributed by atoms with Crippen LogP contribution in [0.2, 0.25) is 0 Å². The lowest BCUT2D eigenvalue weighted by molar-refractivity contribution is -0.258. The molecule has 2 saturated heterocycles. The van der Waals surface area contributed by atoms with E-state index in [1.807, 2.05) is 0 Å². The zero-order valence-corrected chi connectivity index (χ0v) is 12.5. The van der Waals surface area contributed by atoms with Gasteiger partial charge in [-0.1, -0.05) is 0 Å². The molecular formula is C11H20O7S. The normalized spacial score (nSPS) is 42.1. The molecule has 19 heavy (non-hydrogen) atoms. The second kappa shape index (κ2) is 4.94. The molecule has 2 rings (SSSR count). The average Bonchev–Trinajstić information content (AvgIpc) is 2.56. The van der Waals surface area contributed by atoms with Crippen LogP contribution >= 0.6 is 0 Å². The van der Waals surface area contributed by atoms with Crippen molar-refractivity contribution in [3.8, 4) is 0 Å². The first-order chi connectivity index (χ1) is 8.63. The molecule has 0 aromatic rings. The highest BCUT2D eigenvalue weighted by Gasteiger charge is 2.55. The summed E-state index contributed by atoms with van der Waals surface area (Å²) in [6.45, 7) is 5.22. The van der Waals surface area contributed by atoms with Crippen LogP contribution in [0.1, 0.15) is 20.8 Å². The van der Waals surface area contributed by atoms with Crippen LogP contribution in [-0.2, 0) is 33.2 Å². The van der Waals surface area contributed by atoms with Gasteiger partial charge in [0.25, 0.3) is 10.1 Å². The summed E-state index contributed by atoms with van der Waals surface area (Å²) in [5.41, 5.74) is 0. The fourth-order valence-electron chi connectivity index (χ4n) is 2.44. The Kier molecular flexibility index (Phi) is 3.94. The molecule has 7 nitrogen and oxygen atoms in total. The van der Waals surface area contributed by atoms with E-state index in [0.29, 0.717) is 0 Å². The van der Waals surface area contributed by atoms with Crippen molar-refractivity contribution in [2.45, 2.75) is 57.3 Å². The van der Waals surface area contributed by atoms with E-state index in [2.05, 4.69) is 0 Å². The molecule has 2 aliphatic heterocycles. The van der Waals surface area contributed by atoms with Gasteiger partial charge >= 0.3 is 0 Å². The Morgan fingerprint density at radius 2 is 1.74 bits per heavy atom. The molecule has 0 aromatic heterocycles. The standard InChI is InChI=1S/C11H20O7S/c1-6-7(18-19(5,12)13)8-9(10(14-4)15-6)17-11(2,3)16-8/h6-10H,1-5H3/t6-,7+,8+,9-,10+/m1/s1. The van der Waals surface area contributed by atoms with E-state index >= 15 is 0 Å². The first-order valence-corrected chi connectivity index (χ1v) is 7.87. The summed E-state index contributed by atoms with van der Waals surface area (Å²) >= 11 is 0. The van der Waals surface area contributed by atoms with Crippen molar-refractivity contribution in [2.75, 3.05) is 13.4 Å². The van der Waals surface area contributed by atoms with Crippen LogP contribution < -0.4 is 0 Å². The maximum atomic E-state index is 11.3. The van der Waals surface area contributed by atoms with Crippen LogP contribution in [-0.4, -0.2) is 58.3 Å². The van der Waals surface area contributed by atoms with Crippen molar-refractivity contribution < 1.29 is 31.5 Å². The lowest BCUT2D eigenvalue weighted by Crippen LogP contribution is -2.57. The van der Waals surface area contributed by atoms with Gasteiger partial charge in [0.05, 0.1) is 12.4 Å². The largest absolute Gasteiger partial charge is 0.353 e. The van der Waals surface area contributed by atoms with Crippen LogP contribution in [0.15, 0.2) is 0 Å². The highest BCUT2D eigenvalue weighted by atomic mass is 32.2. The number of hydrogen-bond acceptors (Lipinski definition) is 7. The minimum Gasteiger partial charge on any atom is -0.353 e. The summed E-state index contributed by atoms with van der Waals surface area (Å²) in [5.74, 6) is -0.835. The zero-order valence-electron chi connectivity index (χ0n) is 11.7. The predicted molar refractivity (Wildman–Crippen MR) is 64.9 cm³/mol. The minimum atomic E-state index is -3.61. The van der Waals surface area contributed by atoms with Crippen molar-refractivity contribution in [3.63, 3.8) is 0 Å². The quantitative estimate of drug-likeness (QED) is 0.690. The second-order valence-electron chi connectivity index (χ2n) is 5.28. The monoisotopic (exact) mass is 296 g/mol. The van der Waals surface area contributed by atoms with E-state index in [1.54, 1.807) is 20.8 Å². The number of fused-ring (bicyclic) bond motifs is 1. The van der Waals surface area contributed by atoms with E-state index in [4.69, 9.17) is 23.1 Å². The number of rotatable bonds is 3. The van der Waals surface area contributed by atoms with Gasteiger partial charge in [-0.05, 0) is 20.8 Å². The van der Waals surface area contributed by atoms with Gasteiger partial charge in [0, 0.05) is 7.11 Å². The van der Waals surface area contributed by atoms with E-state index in [9.17, 15) is 8.42 Å². The summed E-state index contributed by atoms with van der Waals surface area (Å²) in [7, 11) is -2.11. The first kappa shape index (κ1) is 15.1. The summed E-state index contributed by atoms with van der Waals surface area (Å²) in [6.07, 6.45) is -1.94. The third kappa shape index (κ3) is 3.26. The SMILES string of the molecule is CO[C@H]1O[C@H](C)[C@H](OS(C)(=O)=O)[C@@H]2OC(C)(C)O[C@@H]12. The van der Waals surface area contributed by atoms with Gasteiger partial charge in [0.15, 0.2) is 12.1 Å². The van der Waals surface area contributed by atoms with Gasteiger partial charge in [0.2, 0.25) is 0 Å². The maximum Gasteiger partial charge on any atom is 0.264 e. The molecule has 112 valence electrons. The first-order valence-electron chi connectivity index (χ1n) is 6.05. The fraction of sp³-hybridized carbons (Fsp3) is 1.00. The van der Waals surface area contributed by atoms with Gasteiger partial charge in [-0.25, -0.2) is 0 Å². The summed E-state index contributed by atoms with van der Waals surface area (Å²) < 4.78 is 50.0. The summed E-state index contributed by atoms with van der Waals surface area (Å²) in [5, 5.41) is 0. The molecule has 0 aliphatic carbocycles. The molecule has 0 aromatic carbocycles. The van der Waals surface area contributed by atoms with Crippen LogP contribution in [0.3, 0.4) is 0 Å². The van der Waals surface area contributed by atoms with E-state index < -0.39 is 46.6 Å². The molecule has 0 unspecified atom stereocenters. The van der Waals surface area contributed by atoms with Crippen LogP contribution in [0.5, 0.6) is 0 Å². The smallest absolute Gasteiger partial charge is 0.264 e. The van der Waals surface area contributed by atoms with Gasteiger partial charge < -0.3 is 18.9 Å². The predicted octanol–water partition coefficient (Wildman–Crippen LogP) is 0.243. The highest BCUT2D eigenvalue weighted by Crippen LogP contribution is 2.39. The van der Waals surface area contributed by atoms with Crippen molar-refractivity contribution >= 4 is 10.1 Å². The zero-order chi connectivity index (χ0) is 14.4. The Balaban J connectivity index is 2.25. The molecule has 0 bridgehead atoms. The maximum absolute atomic E-state index is 11.3. The Morgan fingerprint density at radius 1 is 1.16 bits per heavy atom. The lowest BCUT2D eigenvalue weighted by atomic mass is 10.0. The van der Waals surface area contributed by atoms with Gasteiger partial charge in [-0.15, -0.1) is 0 Å². The van der Waals surface area contributed by atoms with Crippen molar-refractivity contribution in [1.29, 1.82) is 0 Å². The molecule has 2 fully saturated rings. The minimum absolute atomic E-state index is 0.488. The van der Waals surface area contributed by atoms with Gasteiger partial charge in [-0.3, -0.25) is 4.18 Å². The topological polar surface area (TPSA) is 80.3 Å². The third-order valence-electron chi connectivity index (χ3n) is 3.09. The molecule has 0 saturated carbocycles. The van der Waals surface area contributed by atoms with Crippen molar-refractivity contribution in [3.05, 3.63) is 0 Å². The highest BCUT2D eigenvalue weighted by molar-refractivity contribution is 7.86. The molecular weight excluding hydrogens is 276 g/mol. The van der Waals surface area contributed by atoms with E-state index in [1.165, 1.54) is 7.11 Å². The van der Waals surface area contributed by atoms with Gasteiger partial charge in [0.1, 0.15) is 18.3 Å². The molecule has 2 aliphatic rings. The van der Waals surface area contributed by atoms with Crippen LogP contribution in [0.25, 0.3) is 0 Å². The molecule has 2 heterocycles. The number of methoxy groups -OCH3 is 1. The Hall–Kier alpha value is -0.250. The van der Waals surface area contributed by atoms with Crippen LogP contribution in [0, 0.1) is 0 Å². The van der Waals surface area contributed by atoms with E-state index in [-0.39, 0.29) is 0 Å².